The number of ether oxygens (including phenoxy) is 1. The van der Waals surface area contributed by atoms with E-state index < -0.39 is 5.60 Å². The third-order valence-electron chi connectivity index (χ3n) is 4.68. The van der Waals surface area contributed by atoms with Crippen LogP contribution in [0.15, 0.2) is 22.7 Å². The van der Waals surface area contributed by atoms with Crippen LogP contribution in [0.2, 0.25) is 0 Å². The van der Waals surface area contributed by atoms with Gasteiger partial charge in [0.05, 0.1) is 12.7 Å². The molecule has 0 saturated heterocycles. The van der Waals surface area contributed by atoms with Gasteiger partial charge >= 0.3 is 0 Å². The summed E-state index contributed by atoms with van der Waals surface area (Å²) in [7, 11) is 1.68. The van der Waals surface area contributed by atoms with Crippen LogP contribution in [0.4, 0.5) is 0 Å². The highest BCUT2D eigenvalue weighted by Crippen LogP contribution is 2.39. The molecule has 0 unspecified atom stereocenters. The first-order chi connectivity index (χ1) is 9.43. The van der Waals surface area contributed by atoms with Crippen molar-refractivity contribution >= 4 is 15.9 Å². The van der Waals surface area contributed by atoms with Gasteiger partial charge in [0.15, 0.2) is 0 Å². The summed E-state index contributed by atoms with van der Waals surface area (Å²) in [6, 6.07) is 5.96. The number of methoxy groups -OCH3 is 1. The molecular weight excluding hydrogens is 316 g/mol. The lowest BCUT2D eigenvalue weighted by Gasteiger charge is -2.38. The number of hydrogen-bond acceptors (Lipinski definition) is 2. The average molecular weight is 341 g/mol. The van der Waals surface area contributed by atoms with E-state index >= 15 is 0 Å². The minimum absolute atomic E-state index is 0.555. The van der Waals surface area contributed by atoms with Crippen molar-refractivity contribution in [2.75, 3.05) is 7.11 Å². The second-order valence-corrected chi connectivity index (χ2v) is 7.29. The van der Waals surface area contributed by atoms with Crippen LogP contribution in [0.5, 0.6) is 5.75 Å². The zero-order valence-electron chi connectivity index (χ0n) is 12.7. The molecule has 1 aromatic rings. The van der Waals surface area contributed by atoms with Gasteiger partial charge in [-0.15, -0.1) is 0 Å². The smallest absolute Gasteiger partial charge is 0.119 e. The van der Waals surface area contributed by atoms with Crippen molar-refractivity contribution in [3.63, 3.8) is 0 Å². The third-order valence-corrected chi connectivity index (χ3v) is 5.45. The molecule has 3 heteroatoms. The third kappa shape index (κ3) is 3.76. The molecule has 20 heavy (non-hydrogen) atoms. The van der Waals surface area contributed by atoms with E-state index in [0.717, 1.165) is 53.3 Å². The summed E-state index contributed by atoms with van der Waals surface area (Å²) in [5, 5.41) is 10.9. The van der Waals surface area contributed by atoms with Gasteiger partial charge in [0.1, 0.15) is 5.75 Å². The fourth-order valence-corrected chi connectivity index (χ4v) is 3.58. The quantitative estimate of drug-likeness (QED) is 0.869. The molecule has 112 valence electrons. The summed E-state index contributed by atoms with van der Waals surface area (Å²) in [4.78, 5) is 0. The fourth-order valence-electron chi connectivity index (χ4n) is 3.19. The maximum Gasteiger partial charge on any atom is 0.119 e. The standard InChI is InChI=1S/C17H25BrO2/c1-12(2)13-6-8-17(19,9-7-13)11-14-10-15(20-3)4-5-16(14)18/h4-5,10,12-13,19H,6-9,11H2,1-3H3. The molecule has 0 amide bonds. The number of benzene rings is 1. The van der Waals surface area contributed by atoms with Gasteiger partial charge < -0.3 is 9.84 Å². The van der Waals surface area contributed by atoms with E-state index in [1.807, 2.05) is 18.2 Å². The van der Waals surface area contributed by atoms with Gasteiger partial charge in [-0.3, -0.25) is 0 Å². The molecule has 1 aliphatic rings. The fraction of sp³-hybridized carbons (Fsp3) is 0.647. The Morgan fingerprint density at radius 1 is 1.35 bits per heavy atom. The molecule has 0 aromatic heterocycles. The molecule has 1 N–H and O–H groups in total. The van der Waals surface area contributed by atoms with Gasteiger partial charge in [0.2, 0.25) is 0 Å². The molecule has 0 aliphatic heterocycles. The number of rotatable bonds is 4. The van der Waals surface area contributed by atoms with Gasteiger partial charge in [-0.05, 0) is 61.3 Å². The highest BCUT2D eigenvalue weighted by Gasteiger charge is 2.34. The van der Waals surface area contributed by atoms with E-state index in [1.165, 1.54) is 0 Å². The first-order valence-electron chi connectivity index (χ1n) is 7.48. The molecule has 2 rings (SSSR count). The molecule has 1 saturated carbocycles. The predicted octanol–water partition coefficient (Wildman–Crippen LogP) is 4.58. The van der Waals surface area contributed by atoms with Crippen LogP contribution in [0.3, 0.4) is 0 Å². The molecule has 2 nitrogen and oxygen atoms in total. The lowest BCUT2D eigenvalue weighted by Crippen LogP contribution is -2.37. The normalized spacial score (nSPS) is 26.8. The first-order valence-corrected chi connectivity index (χ1v) is 8.27. The van der Waals surface area contributed by atoms with Crippen LogP contribution >= 0.6 is 15.9 Å². The monoisotopic (exact) mass is 340 g/mol. The van der Waals surface area contributed by atoms with Gasteiger partial charge in [0, 0.05) is 10.9 Å². The molecule has 0 radical (unpaired) electrons. The second kappa shape index (κ2) is 6.48. The Morgan fingerprint density at radius 2 is 2.00 bits per heavy atom. The molecule has 1 aliphatic carbocycles. The van der Waals surface area contributed by atoms with Crippen molar-refractivity contribution < 1.29 is 9.84 Å². The molecule has 0 spiro atoms. The topological polar surface area (TPSA) is 29.5 Å². The maximum atomic E-state index is 10.9. The van der Waals surface area contributed by atoms with Crippen LogP contribution in [0, 0.1) is 11.8 Å². The molecule has 1 fully saturated rings. The van der Waals surface area contributed by atoms with E-state index in [4.69, 9.17) is 4.74 Å². The highest BCUT2D eigenvalue weighted by atomic mass is 79.9. The van der Waals surface area contributed by atoms with Gasteiger partial charge in [0.25, 0.3) is 0 Å². The Labute approximate surface area is 130 Å². The first kappa shape index (κ1) is 15.8. The summed E-state index contributed by atoms with van der Waals surface area (Å²) >= 11 is 3.58. The summed E-state index contributed by atoms with van der Waals surface area (Å²) < 4.78 is 6.33. The van der Waals surface area contributed by atoms with Crippen molar-refractivity contribution in [2.45, 2.75) is 51.6 Å². The van der Waals surface area contributed by atoms with Crippen molar-refractivity contribution in [3.8, 4) is 5.75 Å². The van der Waals surface area contributed by atoms with Crippen LogP contribution in [0.1, 0.15) is 45.1 Å². The van der Waals surface area contributed by atoms with Crippen molar-refractivity contribution in [3.05, 3.63) is 28.2 Å². The van der Waals surface area contributed by atoms with Crippen LogP contribution < -0.4 is 4.74 Å². The van der Waals surface area contributed by atoms with E-state index in [1.54, 1.807) is 7.11 Å². The van der Waals surface area contributed by atoms with Crippen molar-refractivity contribution in [1.29, 1.82) is 0 Å². The summed E-state index contributed by atoms with van der Waals surface area (Å²) in [5.41, 5.74) is 0.579. The second-order valence-electron chi connectivity index (χ2n) is 6.44. The number of aliphatic hydroxyl groups is 1. The van der Waals surface area contributed by atoms with Gasteiger partial charge in [-0.1, -0.05) is 29.8 Å². The van der Waals surface area contributed by atoms with Crippen molar-refractivity contribution in [2.24, 2.45) is 11.8 Å². The van der Waals surface area contributed by atoms with Crippen LogP contribution in [-0.2, 0) is 6.42 Å². The van der Waals surface area contributed by atoms with E-state index in [0.29, 0.717) is 6.42 Å². The molecule has 1 aromatic carbocycles. The Hall–Kier alpha value is -0.540. The number of halogens is 1. The highest BCUT2D eigenvalue weighted by molar-refractivity contribution is 9.10. The lowest BCUT2D eigenvalue weighted by molar-refractivity contribution is -0.0147. The zero-order chi connectivity index (χ0) is 14.8. The Morgan fingerprint density at radius 3 is 2.55 bits per heavy atom. The number of hydrogen-bond donors (Lipinski definition) is 1. The van der Waals surface area contributed by atoms with Crippen molar-refractivity contribution in [1.82, 2.24) is 0 Å². The Bertz CT molecular complexity index is 448. The van der Waals surface area contributed by atoms with E-state index in [-0.39, 0.29) is 0 Å². The average Bonchev–Trinajstić information content (AvgIpc) is 2.41. The van der Waals surface area contributed by atoms with Crippen LogP contribution in [0.25, 0.3) is 0 Å². The predicted molar refractivity (Wildman–Crippen MR) is 86.1 cm³/mol. The van der Waals surface area contributed by atoms with E-state index in [2.05, 4.69) is 29.8 Å². The SMILES string of the molecule is COc1ccc(Br)c(CC2(O)CCC(C(C)C)CC2)c1. The largest absolute Gasteiger partial charge is 0.497 e. The molecule has 0 atom stereocenters. The van der Waals surface area contributed by atoms with Gasteiger partial charge in [-0.2, -0.15) is 0 Å². The summed E-state index contributed by atoms with van der Waals surface area (Å²) in [5.74, 6) is 2.34. The summed E-state index contributed by atoms with van der Waals surface area (Å²) in [6.45, 7) is 4.57. The zero-order valence-corrected chi connectivity index (χ0v) is 14.2. The molecule has 0 heterocycles. The maximum absolute atomic E-state index is 10.9. The lowest BCUT2D eigenvalue weighted by atomic mass is 9.72. The van der Waals surface area contributed by atoms with Crippen LogP contribution in [-0.4, -0.2) is 17.8 Å². The Balaban J connectivity index is 2.06. The molecule has 0 bridgehead atoms. The van der Waals surface area contributed by atoms with E-state index in [9.17, 15) is 5.11 Å². The molecular formula is C17H25BrO2. The Kier molecular flexibility index (Phi) is 5.14. The summed E-state index contributed by atoms with van der Waals surface area (Å²) in [6.07, 6.45) is 4.78. The minimum Gasteiger partial charge on any atom is -0.497 e. The minimum atomic E-state index is -0.555. The van der Waals surface area contributed by atoms with Gasteiger partial charge in [-0.25, -0.2) is 0 Å².